The summed E-state index contributed by atoms with van der Waals surface area (Å²) in [7, 11) is 5.86. The molecule has 0 spiro atoms. The molecule has 1 aromatic carbocycles. The maximum Gasteiger partial charge on any atom is 0.261 e. The highest BCUT2D eigenvalue weighted by Crippen LogP contribution is 2.19. The average molecular weight is 311 g/mol. The first-order valence-electron chi connectivity index (χ1n) is 7.62. The topological polar surface area (TPSA) is 56.0 Å². The third-order valence-corrected chi connectivity index (χ3v) is 3.86. The Hall–Kier alpha value is -2.47. The van der Waals surface area contributed by atoms with Crippen molar-refractivity contribution in [2.45, 2.75) is 13.5 Å². The van der Waals surface area contributed by atoms with Gasteiger partial charge in [-0.2, -0.15) is 5.10 Å². The molecule has 0 fully saturated rings. The molecule has 0 saturated carbocycles. The number of hydrogen-bond acceptors (Lipinski definition) is 4. The van der Waals surface area contributed by atoms with Crippen molar-refractivity contribution in [3.05, 3.63) is 46.4 Å². The predicted octanol–water partition coefficient (Wildman–Crippen LogP) is 1.67. The maximum atomic E-state index is 12.9. The van der Waals surface area contributed by atoms with Crippen molar-refractivity contribution in [3.8, 4) is 11.5 Å². The summed E-state index contributed by atoms with van der Waals surface area (Å²) in [5, 5.41) is 5.03. The minimum atomic E-state index is -0.00805. The van der Waals surface area contributed by atoms with Crippen LogP contribution in [0.3, 0.4) is 0 Å². The van der Waals surface area contributed by atoms with Crippen molar-refractivity contribution in [3.63, 3.8) is 0 Å². The van der Waals surface area contributed by atoms with E-state index in [2.05, 4.69) is 10.00 Å². The summed E-state index contributed by atoms with van der Waals surface area (Å²) in [6, 6.07) is 9.43. The lowest BCUT2D eigenvalue weighted by Gasteiger charge is -2.16. The number of hydrogen-bond donors (Lipinski definition) is 0. The minimum absolute atomic E-state index is 0.00805. The summed E-state index contributed by atoms with van der Waals surface area (Å²) in [5.74, 6) is 0.665. The summed E-state index contributed by atoms with van der Waals surface area (Å²) >= 11 is 0. The van der Waals surface area contributed by atoms with Crippen molar-refractivity contribution < 1.29 is 0 Å². The number of fused-ring (bicyclic) bond motifs is 1. The van der Waals surface area contributed by atoms with Gasteiger partial charge in [-0.15, -0.1) is 0 Å². The first kappa shape index (κ1) is 15.4. The number of nitrogens with zero attached hydrogens (tertiary/aromatic N) is 5. The lowest BCUT2D eigenvalue weighted by Crippen LogP contribution is -2.29. The standard InChI is InChI=1S/C17H21N5O/c1-12-11-15(21(4)19-12)16-18-14-8-6-5-7-13(14)17(23)22(16)10-9-20(2)3/h5-8,11H,9-10H2,1-4H3. The number of rotatable bonds is 4. The van der Waals surface area contributed by atoms with Gasteiger partial charge in [-0.25, -0.2) is 4.98 Å². The molecule has 0 atom stereocenters. The van der Waals surface area contributed by atoms with Gasteiger partial charge in [-0.05, 0) is 39.2 Å². The van der Waals surface area contributed by atoms with Crippen molar-refractivity contribution in [2.75, 3.05) is 20.6 Å². The molecule has 0 aliphatic carbocycles. The Morgan fingerprint density at radius 2 is 1.96 bits per heavy atom. The number of para-hydroxylation sites is 1. The van der Waals surface area contributed by atoms with Crippen LogP contribution < -0.4 is 5.56 Å². The molecule has 2 heterocycles. The van der Waals surface area contributed by atoms with E-state index in [4.69, 9.17) is 4.98 Å². The van der Waals surface area contributed by atoms with Gasteiger partial charge in [0.1, 0.15) is 5.69 Å². The zero-order valence-corrected chi connectivity index (χ0v) is 13.9. The van der Waals surface area contributed by atoms with Crippen molar-refractivity contribution >= 4 is 10.9 Å². The fourth-order valence-electron chi connectivity index (χ4n) is 2.69. The molecule has 3 rings (SSSR count). The zero-order valence-electron chi connectivity index (χ0n) is 13.9. The Kier molecular flexibility index (Phi) is 4.00. The molecule has 2 aromatic heterocycles. The molecule has 23 heavy (non-hydrogen) atoms. The third-order valence-electron chi connectivity index (χ3n) is 3.86. The fourth-order valence-corrected chi connectivity index (χ4v) is 2.69. The molecule has 0 aliphatic rings. The summed E-state index contributed by atoms with van der Waals surface area (Å²) in [6.45, 7) is 3.29. The Morgan fingerprint density at radius 3 is 2.61 bits per heavy atom. The summed E-state index contributed by atoms with van der Waals surface area (Å²) in [4.78, 5) is 19.7. The molecule has 0 unspecified atom stereocenters. The first-order chi connectivity index (χ1) is 11.0. The van der Waals surface area contributed by atoms with E-state index in [-0.39, 0.29) is 5.56 Å². The van der Waals surface area contributed by atoms with Crippen LogP contribution >= 0.6 is 0 Å². The van der Waals surface area contributed by atoms with Crippen LogP contribution in [-0.2, 0) is 13.6 Å². The second kappa shape index (κ2) is 5.96. The molecule has 6 heteroatoms. The Morgan fingerprint density at radius 1 is 1.22 bits per heavy atom. The van der Waals surface area contributed by atoms with E-state index >= 15 is 0 Å². The predicted molar refractivity (Wildman–Crippen MR) is 91.5 cm³/mol. The van der Waals surface area contributed by atoms with Crippen LogP contribution in [0.4, 0.5) is 0 Å². The van der Waals surface area contributed by atoms with Gasteiger partial charge in [0.2, 0.25) is 0 Å². The van der Waals surface area contributed by atoms with Crippen LogP contribution in [-0.4, -0.2) is 44.9 Å². The normalized spacial score (nSPS) is 11.5. The summed E-state index contributed by atoms with van der Waals surface area (Å²) in [5.41, 5.74) is 2.46. The molecule has 3 aromatic rings. The number of aryl methyl sites for hydroxylation is 2. The lowest BCUT2D eigenvalue weighted by atomic mass is 10.2. The van der Waals surface area contributed by atoms with Gasteiger partial charge in [0.15, 0.2) is 5.82 Å². The van der Waals surface area contributed by atoms with Crippen LogP contribution in [0.1, 0.15) is 5.69 Å². The molecular formula is C17H21N5O. The Labute approximate surface area is 135 Å². The summed E-state index contributed by atoms with van der Waals surface area (Å²) < 4.78 is 3.52. The smallest absolute Gasteiger partial charge is 0.261 e. The molecule has 0 N–H and O–H groups in total. The van der Waals surface area contributed by atoms with Crippen LogP contribution in [0.25, 0.3) is 22.4 Å². The Balaban J connectivity index is 2.27. The van der Waals surface area contributed by atoms with E-state index in [1.54, 1.807) is 9.25 Å². The quantitative estimate of drug-likeness (QED) is 0.735. The molecule has 0 saturated heterocycles. The van der Waals surface area contributed by atoms with Gasteiger partial charge in [0.25, 0.3) is 5.56 Å². The van der Waals surface area contributed by atoms with Gasteiger partial charge in [0.05, 0.1) is 16.6 Å². The average Bonchev–Trinajstić information content (AvgIpc) is 2.84. The molecule has 0 amide bonds. The maximum absolute atomic E-state index is 12.9. The van der Waals surface area contributed by atoms with E-state index in [1.165, 1.54) is 0 Å². The number of benzene rings is 1. The highest BCUT2D eigenvalue weighted by molar-refractivity contribution is 5.79. The Bertz CT molecular complexity index is 907. The molecule has 120 valence electrons. The van der Waals surface area contributed by atoms with E-state index in [0.717, 1.165) is 17.9 Å². The van der Waals surface area contributed by atoms with Crippen LogP contribution in [0, 0.1) is 6.92 Å². The van der Waals surface area contributed by atoms with Gasteiger partial charge in [-0.3, -0.25) is 14.0 Å². The van der Waals surface area contributed by atoms with Gasteiger partial charge in [-0.1, -0.05) is 12.1 Å². The monoisotopic (exact) mass is 311 g/mol. The van der Waals surface area contributed by atoms with Crippen molar-refractivity contribution in [1.29, 1.82) is 0 Å². The SMILES string of the molecule is Cc1cc(-c2nc3ccccc3c(=O)n2CCN(C)C)n(C)n1. The highest BCUT2D eigenvalue weighted by Gasteiger charge is 2.16. The molecule has 6 nitrogen and oxygen atoms in total. The van der Waals surface area contributed by atoms with Crippen LogP contribution in [0.5, 0.6) is 0 Å². The van der Waals surface area contributed by atoms with E-state index in [0.29, 0.717) is 23.3 Å². The second-order valence-corrected chi connectivity index (χ2v) is 6.01. The largest absolute Gasteiger partial charge is 0.308 e. The lowest BCUT2D eigenvalue weighted by molar-refractivity contribution is 0.381. The molecular weight excluding hydrogens is 290 g/mol. The van der Waals surface area contributed by atoms with Gasteiger partial charge in [0, 0.05) is 20.1 Å². The fraction of sp³-hybridized carbons (Fsp3) is 0.353. The number of aromatic nitrogens is 4. The van der Waals surface area contributed by atoms with Crippen molar-refractivity contribution in [1.82, 2.24) is 24.2 Å². The highest BCUT2D eigenvalue weighted by atomic mass is 16.1. The molecule has 0 bridgehead atoms. The number of likely N-dealkylation sites (N-methyl/N-ethyl adjacent to an activating group) is 1. The second-order valence-electron chi connectivity index (χ2n) is 6.01. The molecule has 0 aliphatic heterocycles. The first-order valence-corrected chi connectivity index (χ1v) is 7.62. The van der Waals surface area contributed by atoms with Crippen molar-refractivity contribution in [2.24, 2.45) is 7.05 Å². The zero-order chi connectivity index (χ0) is 16.6. The van der Waals surface area contributed by atoms with Gasteiger partial charge >= 0.3 is 0 Å². The van der Waals surface area contributed by atoms with Crippen LogP contribution in [0.2, 0.25) is 0 Å². The summed E-state index contributed by atoms with van der Waals surface area (Å²) in [6.07, 6.45) is 0. The minimum Gasteiger partial charge on any atom is -0.308 e. The van der Waals surface area contributed by atoms with E-state index < -0.39 is 0 Å². The third kappa shape index (κ3) is 2.90. The molecule has 0 radical (unpaired) electrons. The van der Waals surface area contributed by atoms with Crippen LogP contribution in [0.15, 0.2) is 35.1 Å². The van der Waals surface area contributed by atoms with E-state index in [9.17, 15) is 4.79 Å². The van der Waals surface area contributed by atoms with Gasteiger partial charge < -0.3 is 4.90 Å². The van der Waals surface area contributed by atoms with E-state index in [1.807, 2.05) is 58.4 Å².